The fourth-order valence-corrected chi connectivity index (χ4v) is 1.92. The Morgan fingerprint density at radius 2 is 1.95 bits per heavy atom. The van der Waals surface area contributed by atoms with Gasteiger partial charge in [0.1, 0.15) is 11.4 Å². The highest BCUT2D eigenvalue weighted by molar-refractivity contribution is 9.10. The first kappa shape index (κ1) is 15.2. The Morgan fingerprint density at radius 1 is 1.24 bits per heavy atom. The molecule has 0 bridgehead atoms. The number of hydrogen-bond acceptors (Lipinski definition) is 4. The number of hydrogen-bond donors (Lipinski definition) is 1. The second-order valence-electron chi connectivity index (χ2n) is 4.08. The largest absolute Gasteiger partial charge is 0.462 e. The number of nitrogens with one attached hydrogen (secondary N) is 1. The van der Waals surface area contributed by atoms with E-state index in [1.807, 2.05) is 0 Å². The molecule has 5 nitrogen and oxygen atoms in total. The van der Waals surface area contributed by atoms with E-state index < -0.39 is 5.97 Å². The lowest BCUT2D eigenvalue weighted by atomic mass is 10.2. The number of halogens is 1. The van der Waals surface area contributed by atoms with Crippen LogP contribution in [0.1, 0.15) is 27.6 Å². The number of anilines is 1. The van der Waals surface area contributed by atoms with Gasteiger partial charge in [-0.2, -0.15) is 0 Å². The summed E-state index contributed by atoms with van der Waals surface area (Å²) >= 11 is 3.30. The summed E-state index contributed by atoms with van der Waals surface area (Å²) in [7, 11) is 0. The van der Waals surface area contributed by atoms with Crippen LogP contribution in [0.25, 0.3) is 0 Å². The van der Waals surface area contributed by atoms with E-state index in [1.54, 1.807) is 43.3 Å². The van der Waals surface area contributed by atoms with Crippen molar-refractivity contribution < 1.29 is 14.3 Å². The zero-order valence-corrected chi connectivity index (χ0v) is 12.9. The first-order chi connectivity index (χ1) is 10.1. The smallest absolute Gasteiger partial charge is 0.341 e. The van der Waals surface area contributed by atoms with Crippen LogP contribution in [0, 0.1) is 0 Å². The molecule has 0 atom stereocenters. The zero-order valence-electron chi connectivity index (χ0n) is 11.3. The fourth-order valence-electron chi connectivity index (χ4n) is 1.66. The maximum Gasteiger partial charge on any atom is 0.341 e. The van der Waals surface area contributed by atoms with Gasteiger partial charge >= 0.3 is 5.97 Å². The van der Waals surface area contributed by atoms with Crippen LogP contribution < -0.4 is 5.32 Å². The number of ether oxygens (including phenoxy) is 1. The first-order valence-electron chi connectivity index (χ1n) is 6.31. The molecule has 0 aliphatic rings. The minimum atomic E-state index is -0.517. The maximum absolute atomic E-state index is 12.1. The minimum absolute atomic E-state index is 0.184. The average molecular weight is 349 g/mol. The summed E-state index contributed by atoms with van der Waals surface area (Å²) in [4.78, 5) is 28.0. The highest BCUT2D eigenvalue weighted by Gasteiger charge is 2.16. The van der Waals surface area contributed by atoms with E-state index >= 15 is 0 Å². The summed E-state index contributed by atoms with van der Waals surface area (Å²) in [5.41, 5.74) is 0.698. The molecular weight excluding hydrogens is 336 g/mol. The summed E-state index contributed by atoms with van der Waals surface area (Å²) in [5, 5.41) is 2.62. The maximum atomic E-state index is 12.1. The molecule has 6 heteroatoms. The van der Waals surface area contributed by atoms with Gasteiger partial charge < -0.3 is 10.1 Å². The van der Waals surface area contributed by atoms with Crippen molar-refractivity contribution >= 4 is 33.6 Å². The molecule has 1 aromatic heterocycles. The van der Waals surface area contributed by atoms with Crippen LogP contribution in [-0.4, -0.2) is 23.5 Å². The summed E-state index contributed by atoms with van der Waals surface area (Å²) < 4.78 is 5.81. The van der Waals surface area contributed by atoms with Crippen molar-refractivity contribution in [1.29, 1.82) is 0 Å². The Hall–Kier alpha value is -2.21. The highest BCUT2D eigenvalue weighted by atomic mass is 79.9. The fraction of sp³-hybridized carbons (Fsp3) is 0.133. The monoisotopic (exact) mass is 348 g/mol. The van der Waals surface area contributed by atoms with Gasteiger partial charge in [0.05, 0.1) is 6.61 Å². The van der Waals surface area contributed by atoms with Crippen molar-refractivity contribution in [2.45, 2.75) is 6.92 Å². The summed E-state index contributed by atoms with van der Waals surface area (Å²) in [5.74, 6) is -0.674. The van der Waals surface area contributed by atoms with E-state index in [2.05, 4.69) is 26.2 Å². The zero-order chi connectivity index (χ0) is 15.2. The molecule has 108 valence electrons. The molecule has 1 heterocycles. The normalized spacial score (nSPS) is 10.0. The SMILES string of the molecule is CCOC(=O)c1cccnc1NC(=O)c1ccc(Br)cc1. The van der Waals surface area contributed by atoms with Gasteiger partial charge in [-0.3, -0.25) is 4.79 Å². The number of amides is 1. The van der Waals surface area contributed by atoms with Crippen molar-refractivity contribution in [2.24, 2.45) is 0 Å². The van der Waals surface area contributed by atoms with Crippen LogP contribution in [0.15, 0.2) is 47.1 Å². The number of rotatable bonds is 4. The molecule has 0 fully saturated rings. The second kappa shape index (κ2) is 6.99. The third-order valence-electron chi connectivity index (χ3n) is 2.64. The molecule has 0 radical (unpaired) electrons. The molecule has 21 heavy (non-hydrogen) atoms. The summed E-state index contributed by atoms with van der Waals surface area (Å²) in [6.07, 6.45) is 1.50. The second-order valence-corrected chi connectivity index (χ2v) is 5.00. The summed E-state index contributed by atoms with van der Waals surface area (Å²) in [6, 6.07) is 10.0. The van der Waals surface area contributed by atoms with E-state index in [9.17, 15) is 9.59 Å². The lowest BCUT2D eigenvalue weighted by Crippen LogP contribution is -2.17. The molecule has 1 N–H and O–H groups in total. The molecule has 2 aromatic rings. The van der Waals surface area contributed by atoms with Crippen LogP contribution in [0.3, 0.4) is 0 Å². The van der Waals surface area contributed by atoms with E-state index in [-0.39, 0.29) is 23.9 Å². The predicted molar refractivity (Wildman–Crippen MR) is 82.3 cm³/mol. The van der Waals surface area contributed by atoms with Crippen LogP contribution in [-0.2, 0) is 4.74 Å². The molecule has 0 unspecified atom stereocenters. The number of nitrogens with zero attached hydrogens (tertiary/aromatic N) is 1. The molecule has 0 aliphatic carbocycles. The number of carbonyl (C=O) groups is 2. The molecule has 0 spiro atoms. The molecule has 0 aliphatic heterocycles. The van der Waals surface area contributed by atoms with Crippen molar-refractivity contribution in [1.82, 2.24) is 4.98 Å². The van der Waals surface area contributed by atoms with Crippen molar-refractivity contribution in [3.05, 3.63) is 58.2 Å². The van der Waals surface area contributed by atoms with Gasteiger partial charge in [-0.05, 0) is 43.3 Å². The highest BCUT2D eigenvalue weighted by Crippen LogP contribution is 2.16. The first-order valence-corrected chi connectivity index (χ1v) is 7.10. The van der Waals surface area contributed by atoms with Crippen molar-refractivity contribution in [3.63, 3.8) is 0 Å². The predicted octanol–water partition coefficient (Wildman–Crippen LogP) is 3.27. The molecule has 0 saturated carbocycles. The van der Waals surface area contributed by atoms with Crippen LogP contribution >= 0.6 is 15.9 Å². The molecule has 2 rings (SSSR count). The van der Waals surface area contributed by atoms with Crippen molar-refractivity contribution in [3.8, 4) is 0 Å². The van der Waals surface area contributed by atoms with Gasteiger partial charge in [-0.15, -0.1) is 0 Å². The van der Waals surface area contributed by atoms with Gasteiger partial charge in [0.15, 0.2) is 0 Å². The number of aromatic nitrogens is 1. The van der Waals surface area contributed by atoms with Gasteiger partial charge in [-0.1, -0.05) is 15.9 Å². The van der Waals surface area contributed by atoms with E-state index in [4.69, 9.17) is 4.74 Å². The van der Waals surface area contributed by atoms with Crippen LogP contribution in [0.2, 0.25) is 0 Å². The number of benzene rings is 1. The topological polar surface area (TPSA) is 68.3 Å². The van der Waals surface area contributed by atoms with Crippen LogP contribution in [0.5, 0.6) is 0 Å². The Balaban J connectivity index is 2.21. The minimum Gasteiger partial charge on any atom is -0.462 e. The van der Waals surface area contributed by atoms with Crippen molar-refractivity contribution in [2.75, 3.05) is 11.9 Å². The number of esters is 1. The number of carbonyl (C=O) groups excluding carboxylic acids is 2. The lowest BCUT2D eigenvalue weighted by molar-refractivity contribution is 0.0527. The standard InChI is InChI=1S/C15H13BrN2O3/c1-2-21-15(20)12-4-3-9-17-13(12)18-14(19)10-5-7-11(16)8-6-10/h3-9H,2H2,1H3,(H,17,18,19). The Kier molecular flexibility index (Phi) is 5.05. The quantitative estimate of drug-likeness (QED) is 0.861. The molecule has 0 saturated heterocycles. The molecule has 1 amide bonds. The third kappa shape index (κ3) is 3.88. The van der Waals surface area contributed by atoms with Gasteiger partial charge in [0.2, 0.25) is 0 Å². The van der Waals surface area contributed by atoms with Gasteiger partial charge in [-0.25, -0.2) is 9.78 Å². The Morgan fingerprint density at radius 3 is 2.62 bits per heavy atom. The Labute approximate surface area is 130 Å². The molecule has 1 aromatic carbocycles. The van der Waals surface area contributed by atoms with Gasteiger partial charge in [0, 0.05) is 16.2 Å². The molecular formula is C15H13BrN2O3. The van der Waals surface area contributed by atoms with E-state index in [0.717, 1.165) is 4.47 Å². The Bertz CT molecular complexity index is 656. The lowest BCUT2D eigenvalue weighted by Gasteiger charge is -2.09. The third-order valence-corrected chi connectivity index (χ3v) is 3.17. The van der Waals surface area contributed by atoms with E-state index in [0.29, 0.717) is 5.56 Å². The average Bonchev–Trinajstić information content (AvgIpc) is 2.48. The van der Waals surface area contributed by atoms with E-state index in [1.165, 1.54) is 6.20 Å². The number of pyridine rings is 1. The summed E-state index contributed by atoms with van der Waals surface area (Å²) in [6.45, 7) is 1.97. The van der Waals surface area contributed by atoms with Crippen LogP contribution in [0.4, 0.5) is 5.82 Å². The van der Waals surface area contributed by atoms with Gasteiger partial charge in [0.25, 0.3) is 5.91 Å².